The van der Waals surface area contributed by atoms with Gasteiger partial charge in [-0.25, -0.2) is 0 Å². The Bertz CT molecular complexity index is 169. The highest BCUT2D eigenvalue weighted by molar-refractivity contribution is 4.92. The van der Waals surface area contributed by atoms with E-state index in [9.17, 15) is 0 Å². The lowest BCUT2D eigenvalue weighted by atomic mass is 9.68. The molecule has 3 N–H and O–H groups in total. The van der Waals surface area contributed by atoms with E-state index in [4.69, 9.17) is 15.6 Å². The summed E-state index contributed by atoms with van der Waals surface area (Å²) in [5.41, 5.74) is 6.19. The molecule has 1 aliphatic heterocycles. The lowest BCUT2D eigenvalue weighted by molar-refractivity contribution is 0.0766. The third-order valence-electron chi connectivity index (χ3n) is 3.80. The van der Waals surface area contributed by atoms with Gasteiger partial charge in [-0.15, -0.1) is 0 Å². The standard InChI is InChI=1S/C11H23NO2/c1-3-10(12)11(2,5-6-13)9-4-7-14-8-9/h9-10,13H,3-8,12H2,1-2H3. The average Bonchev–Trinajstić information content (AvgIpc) is 2.70. The number of ether oxygens (including phenoxy) is 1. The maximum Gasteiger partial charge on any atom is 0.0500 e. The van der Waals surface area contributed by atoms with E-state index in [1.807, 2.05) is 0 Å². The number of aliphatic hydroxyl groups excluding tert-OH is 1. The molecule has 0 aromatic heterocycles. The van der Waals surface area contributed by atoms with Crippen LogP contribution in [-0.4, -0.2) is 31.0 Å². The van der Waals surface area contributed by atoms with Crippen LogP contribution >= 0.6 is 0 Å². The SMILES string of the molecule is CCC(N)C(C)(CCO)C1CCOC1. The first-order valence-corrected chi connectivity index (χ1v) is 5.59. The van der Waals surface area contributed by atoms with Gasteiger partial charge in [0.25, 0.3) is 0 Å². The van der Waals surface area contributed by atoms with E-state index in [1.54, 1.807) is 0 Å². The maximum absolute atomic E-state index is 9.11. The zero-order chi connectivity index (χ0) is 10.6. The van der Waals surface area contributed by atoms with Crippen LogP contribution in [0.3, 0.4) is 0 Å². The maximum atomic E-state index is 9.11. The number of hydrogen-bond donors (Lipinski definition) is 2. The molecule has 0 aliphatic carbocycles. The number of nitrogens with two attached hydrogens (primary N) is 1. The smallest absolute Gasteiger partial charge is 0.0500 e. The summed E-state index contributed by atoms with van der Waals surface area (Å²) in [6.45, 7) is 6.18. The van der Waals surface area contributed by atoms with Gasteiger partial charge in [0.2, 0.25) is 0 Å². The van der Waals surface area contributed by atoms with Gasteiger partial charge in [0.15, 0.2) is 0 Å². The monoisotopic (exact) mass is 201 g/mol. The van der Waals surface area contributed by atoms with Crippen LogP contribution in [0.4, 0.5) is 0 Å². The molecule has 1 aliphatic rings. The average molecular weight is 201 g/mol. The second-order valence-corrected chi connectivity index (χ2v) is 4.55. The molecule has 0 amide bonds. The van der Waals surface area contributed by atoms with Gasteiger partial charge in [-0.05, 0) is 30.6 Å². The molecule has 3 unspecified atom stereocenters. The molecule has 0 aromatic rings. The quantitative estimate of drug-likeness (QED) is 0.701. The van der Waals surface area contributed by atoms with Crippen molar-refractivity contribution in [1.82, 2.24) is 0 Å². The molecule has 1 saturated heterocycles. The van der Waals surface area contributed by atoms with Gasteiger partial charge in [-0.1, -0.05) is 13.8 Å². The summed E-state index contributed by atoms with van der Waals surface area (Å²) >= 11 is 0. The molecular formula is C11H23NO2. The van der Waals surface area contributed by atoms with Crippen LogP contribution in [0, 0.1) is 11.3 Å². The second kappa shape index (κ2) is 5.10. The Kier molecular flexibility index (Phi) is 4.35. The minimum Gasteiger partial charge on any atom is -0.396 e. The summed E-state index contributed by atoms with van der Waals surface area (Å²) in [4.78, 5) is 0. The topological polar surface area (TPSA) is 55.5 Å². The summed E-state index contributed by atoms with van der Waals surface area (Å²) in [5, 5.41) is 9.11. The molecule has 0 radical (unpaired) electrons. The fourth-order valence-electron chi connectivity index (χ4n) is 2.45. The molecule has 0 spiro atoms. The minimum absolute atomic E-state index is 0.0417. The Morgan fingerprint density at radius 2 is 2.36 bits per heavy atom. The Morgan fingerprint density at radius 3 is 2.79 bits per heavy atom. The third kappa shape index (κ3) is 2.27. The van der Waals surface area contributed by atoms with Gasteiger partial charge in [0.1, 0.15) is 0 Å². The molecular weight excluding hydrogens is 178 g/mol. The number of rotatable bonds is 5. The Hall–Kier alpha value is -0.120. The largest absolute Gasteiger partial charge is 0.396 e. The van der Waals surface area contributed by atoms with Crippen LogP contribution < -0.4 is 5.73 Å². The van der Waals surface area contributed by atoms with Crippen molar-refractivity contribution in [2.45, 2.75) is 39.2 Å². The van der Waals surface area contributed by atoms with Crippen LogP contribution in [0.2, 0.25) is 0 Å². The molecule has 0 bridgehead atoms. The predicted octanol–water partition coefficient (Wildman–Crippen LogP) is 1.15. The molecule has 1 heterocycles. The lowest BCUT2D eigenvalue weighted by Gasteiger charge is -2.39. The van der Waals surface area contributed by atoms with Crippen LogP contribution in [0.5, 0.6) is 0 Å². The Morgan fingerprint density at radius 1 is 1.64 bits per heavy atom. The normalized spacial score (nSPS) is 28.7. The molecule has 84 valence electrons. The highest BCUT2D eigenvalue weighted by atomic mass is 16.5. The van der Waals surface area contributed by atoms with E-state index in [0.29, 0.717) is 5.92 Å². The summed E-state index contributed by atoms with van der Waals surface area (Å²) in [5.74, 6) is 0.518. The lowest BCUT2D eigenvalue weighted by Crippen LogP contribution is -2.45. The fraction of sp³-hybridized carbons (Fsp3) is 1.00. The van der Waals surface area contributed by atoms with Crippen LogP contribution in [0.1, 0.15) is 33.1 Å². The fourth-order valence-corrected chi connectivity index (χ4v) is 2.45. The van der Waals surface area contributed by atoms with Crippen molar-refractivity contribution in [3.63, 3.8) is 0 Å². The van der Waals surface area contributed by atoms with E-state index in [0.717, 1.165) is 32.5 Å². The molecule has 1 fully saturated rings. The van der Waals surface area contributed by atoms with Crippen LogP contribution in [0.15, 0.2) is 0 Å². The van der Waals surface area contributed by atoms with Gasteiger partial charge in [-0.2, -0.15) is 0 Å². The highest BCUT2D eigenvalue weighted by Gasteiger charge is 2.40. The Labute approximate surface area is 86.6 Å². The molecule has 1 rings (SSSR count). The predicted molar refractivity (Wildman–Crippen MR) is 57.0 cm³/mol. The summed E-state index contributed by atoms with van der Waals surface area (Å²) < 4.78 is 5.41. The van der Waals surface area contributed by atoms with Crippen molar-refractivity contribution in [2.75, 3.05) is 19.8 Å². The molecule has 14 heavy (non-hydrogen) atoms. The zero-order valence-corrected chi connectivity index (χ0v) is 9.33. The second-order valence-electron chi connectivity index (χ2n) is 4.55. The van der Waals surface area contributed by atoms with Crippen molar-refractivity contribution in [2.24, 2.45) is 17.1 Å². The van der Waals surface area contributed by atoms with E-state index < -0.39 is 0 Å². The first-order chi connectivity index (χ1) is 6.65. The zero-order valence-electron chi connectivity index (χ0n) is 9.33. The summed E-state index contributed by atoms with van der Waals surface area (Å²) in [7, 11) is 0. The molecule has 0 saturated carbocycles. The van der Waals surface area contributed by atoms with Crippen LogP contribution in [0.25, 0.3) is 0 Å². The van der Waals surface area contributed by atoms with Crippen molar-refractivity contribution in [3.05, 3.63) is 0 Å². The molecule has 0 aromatic carbocycles. The van der Waals surface area contributed by atoms with E-state index in [-0.39, 0.29) is 18.1 Å². The van der Waals surface area contributed by atoms with Crippen molar-refractivity contribution < 1.29 is 9.84 Å². The van der Waals surface area contributed by atoms with Gasteiger partial charge < -0.3 is 15.6 Å². The first-order valence-electron chi connectivity index (χ1n) is 5.59. The Balaban J connectivity index is 2.68. The van der Waals surface area contributed by atoms with Crippen molar-refractivity contribution in [1.29, 1.82) is 0 Å². The van der Waals surface area contributed by atoms with E-state index >= 15 is 0 Å². The summed E-state index contributed by atoms with van der Waals surface area (Å²) in [6, 6.07) is 0.168. The highest BCUT2D eigenvalue weighted by Crippen LogP contribution is 2.39. The van der Waals surface area contributed by atoms with Crippen molar-refractivity contribution >= 4 is 0 Å². The van der Waals surface area contributed by atoms with E-state index in [1.165, 1.54) is 0 Å². The number of aliphatic hydroxyl groups is 1. The first kappa shape index (κ1) is 12.0. The molecule has 3 atom stereocenters. The summed E-state index contributed by atoms with van der Waals surface area (Å²) in [6.07, 6.45) is 2.84. The van der Waals surface area contributed by atoms with Gasteiger partial charge in [0, 0.05) is 19.3 Å². The van der Waals surface area contributed by atoms with E-state index in [2.05, 4.69) is 13.8 Å². The van der Waals surface area contributed by atoms with Gasteiger partial charge in [-0.3, -0.25) is 0 Å². The molecule has 3 heteroatoms. The van der Waals surface area contributed by atoms with Gasteiger partial charge in [0.05, 0.1) is 6.61 Å². The molecule has 3 nitrogen and oxygen atoms in total. The minimum atomic E-state index is 0.0417. The third-order valence-corrected chi connectivity index (χ3v) is 3.80. The number of hydrogen-bond acceptors (Lipinski definition) is 3. The van der Waals surface area contributed by atoms with Crippen molar-refractivity contribution in [3.8, 4) is 0 Å². The van der Waals surface area contributed by atoms with Crippen LogP contribution in [-0.2, 0) is 4.74 Å². The van der Waals surface area contributed by atoms with Gasteiger partial charge >= 0.3 is 0 Å².